The molecule has 0 saturated heterocycles. The number of esters is 1. The van der Waals surface area contributed by atoms with Crippen LogP contribution in [0.4, 0.5) is 11.4 Å². The second-order valence-electron chi connectivity index (χ2n) is 7.42. The highest BCUT2D eigenvalue weighted by atomic mass is 16.5. The van der Waals surface area contributed by atoms with Gasteiger partial charge < -0.3 is 15.0 Å². The Morgan fingerprint density at radius 1 is 1.06 bits per heavy atom. The molecule has 31 heavy (non-hydrogen) atoms. The molecule has 162 valence electrons. The number of benzene rings is 2. The summed E-state index contributed by atoms with van der Waals surface area (Å²) in [5, 5.41) is 2.62. The minimum atomic E-state index is -1.08. The SMILES string of the molecule is Cc1c(NC(=O)C(C)OC(=O)c2cccc(N(C)C)c2)c(=O)n(-c2ccccc2)n1C. The van der Waals surface area contributed by atoms with Crippen LogP contribution in [0.25, 0.3) is 5.69 Å². The van der Waals surface area contributed by atoms with Crippen molar-refractivity contribution in [1.29, 1.82) is 0 Å². The van der Waals surface area contributed by atoms with Gasteiger partial charge in [0.25, 0.3) is 11.5 Å². The van der Waals surface area contributed by atoms with Crippen LogP contribution in [0.2, 0.25) is 0 Å². The fourth-order valence-electron chi connectivity index (χ4n) is 3.13. The number of carbonyl (C=O) groups is 2. The van der Waals surface area contributed by atoms with E-state index in [0.717, 1.165) is 5.69 Å². The van der Waals surface area contributed by atoms with Crippen LogP contribution in [0.3, 0.4) is 0 Å². The smallest absolute Gasteiger partial charge is 0.338 e. The Bertz CT molecular complexity index is 1160. The topological polar surface area (TPSA) is 85.6 Å². The van der Waals surface area contributed by atoms with E-state index in [9.17, 15) is 14.4 Å². The summed E-state index contributed by atoms with van der Waals surface area (Å²) in [5.74, 6) is -1.19. The third-order valence-electron chi connectivity index (χ3n) is 5.05. The highest BCUT2D eigenvalue weighted by molar-refractivity contribution is 5.97. The van der Waals surface area contributed by atoms with E-state index in [-0.39, 0.29) is 11.2 Å². The molecule has 0 saturated carbocycles. The predicted octanol–water partition coefficient (Wildman–Crippen LogP) is 2.73. The second kappa shape index (κ2) is 8.91. The Morgan fingerprint density at radius 2 is 1.74 bits per heavy atom. The molecule has 3 aromatic rings. The van der Waals surface area contributed by atoms with Crippen molar-refractivity contribution in [2.45, 2.75) is 20.0 Å². The third kappa shape index (κ3) is 4.53. The van der Waals surface area contributed by atoms with Crippen LogP contribution in [0, 0.1) is 6.92 Å². The Hall–Kier alpha value is -3.81. The van der Waals surface area contributed by atoms with Gasteiger partial charge in [-0.2, -0.15) is 0 Å². The number of carbonyl (C=O) groups excluding carboxylic acids is 2. The van der Waals surface area contributed by atoms with Gasteiger partial charge >= 0.3 is 5.97 Å². The van der Waals surface area contributed by atoms with Gasteiger partial charge in [-0.15, -0.1) is 0 Å². The first kappa shape index (κ1) is 21.9. The van der Waals surface area contributed by atoms with Crippen LogP contribution < -0.4 is 15.8 Å². The van der Waals surface area contributed by atoms with E-state index in [0.29, 0.717) is 16.9 Å². The van der Waals surface area contributed by atoms with Gasteiger partial charge in [-0.05, 0) is 44.2 Å². The van der Waals surface area contributed by atoms with E-state index in [1.54, 1.807) is 49.0 Å². The first-order valence-corrected chi connectivity index (χ1v) is 9.84. The predicted molar refractivity (Wildman–Crippen MR) is 120 cm³/mol. The van der Waals surface area contributed by atoms with Crippen LogP contribution in [0.1, 0.15) is 23.0 Å². The van der Waals surface area contributed by atoms with E-state index in [4.69, 9.17) is 4.74 Å². The molecule has 1 N–H and O–H groups in total. The van der Waals surface area contributed by atoms with Gasteiger partial charge in [0.1, 0.15) is 5.69 Å². The zero-order valence-corrected chi connectivity index (χ0v) is 18.2. The molecule has 0 spiro atoms. The molecule has 2 aromatic carbocycles. The molecule has 0 aliphatic rings. The molecule has 0 aliphatic heterocycles. The first-order chi connectivity index (χ1) is 14.7. The van der Waals surface area contributed by atoms with E-state index in [2.05, 4.69) is 5.32 Å². The summed E-state index contributed by atoms with van der Waals surface area (Å²) in [7, 11) is 5.47. The zero-order valence-electron chi connectivity index (χ0n) is 18.2. The average Bonchev–Trinajstić information content (AvgIpc) is 2.97. The van der Waals surface area contributed by atoms with Gasteiger partial charge in [-0.3, -0.25) is 14.3 Å². The van der Waals surface area contributed by atoms with Crippen molar-refractivity contribution in [3.8, 4) is 5.69 Å². The van der Waals surface area contributed by atoms with Crippen molar-refractivity contribution < 1.29 is 14.3 Å². The van der Waals surface area contributed by atoms with Crippen molar-refractivity contribution in [2.75, 3.05) is 24.3 Å². The Labute approximate surface area is 180 Å². The van der Waals surface area contributed by atoms with Crippen molar-refractivity contribution in [2.24, 2.45) is 7.05 Å². The molecule has 8 heteroatoms. The number of hydrogen-bond donors (Lipinski definition) is 1. The van der Waals surface area contributed by atoms with Gasteiger partial charge in [-0.25, -0.2) is 9.48 Å². The molecule has 1 atom stereocenters. The number of aromatic nitrogens is 2. The summed E-state index contributed by atoms with van der Waals surface area (Å²) in [6.45, 7) is 3.21. The van der Waals surface area contributed by atoms with E-state index in [1.807, 2.05) is 43.3 Å². The number of rotatable bonds is 6. The number of amides is 1. The van der Waals surface area contributed by atoms with Crippen LogP contribution >= 0.6 is 0 Å². The third-order valence-corrected chi connectivity index (χ3v) is 5.05. The highest BCUT2D eigenvalue weighted by Gasteiger charge is 2.23. The molecular formula is C23H26N4O4. The van der Waals surface area contributed by atoms with Crippen LogP contribution in [-0.4, -0.2) is 41.4 Å². The van der Waals surface area contributed by atoms with Crippen molar-refractivity contribution in [1.82, 2.24) is 9.36 Å². The molecule has 3 rings (SSSR count). The maximum absolute atomic E-state index is 12.9. The number of ether oxygens (including phenoxy) is 1. The summed E-state index contributed by atoms with van der Waals surface area (Å²) < 4.78 is 8.45. The summed E-state index contributed by atoms with van der Waals surface area (Å²) >= 11 is 0. The summed E-state index contributed by atoms with van der Waals surface area (Å²) in [6.07, 6.45) is -1.08. The molecule has 1 heterocycles. The largest absolute Gasteiger partial charge is 0.449 e. The lowest BCUT2D eigenvalue weighted by molar-refractivity contribution is -0.123. The second-order valence-corrected chi connectivity index (χ2v) is 7.42. The summed E-state index contributed by atoms with van der Waals surface area (Å²) in [6, 6.07) is 16.0. The fourth-order valence-corrected chi connectivity index (χ4v) is 3.13. The molecule has 1 aromatic heterocycles. The van der Waals surface area contributed by atoms with Gasteiger partial charge in [0.2, 0.25) is 0 Å². The first-order valence-electron chi connectivity index (χ1n) is 9.84. The average molecular weight is 422 g/mol. The normalized spacial score (nSPS) is 11.6. The molecule has 8 nitrogen and oxygen atoms in total. The van der Waals surface area contributed by atoms with Crippen molar-refractivity contribution in [3.05, 3.63) is 76.2 Å². The number of anilines is 2. The molecular weight excluding hydrogens is 396 g/mol. The lowest BCUT2D eigenvalue weighted by Crippen LogP contribution is -2.32. The maximum atomic E-state index is 12.9. The fraction of sp³-hybridized carbons (Fsp3) is 0.261. The number of para-hydroxylation sites is 1. The zero-order chi connectivity index (χ0) is 22.7. The van der Waals surface area contributed by atoms with Gasteiger partial charge in [-0.1, -0.05) is 24.3 Å². The minimum Gasteiger partial charge on any atom is -0.449 e. The van der Waals surface area contributed by atoms with Crippen LogP contribution in [0.15, 0.2) is 59.4 Å². The Morgan fingerprint density at radius 3 is 2.39 bits per heavy atom. The summed E-state index contributed by atoms with van der Waals surface area (Å²) in [5.41, 5.74) is 2.23. The quantitative estimate of drug-likeness (QED) is 0.618. The Kier molecular flexibility index (Phi) is 6.29. The van der Waals surface area contributed by atoms with Crippen molar-refractivity contribution >= 4 is 23.3 Å². The van der Waals surface area contributed by atoms with E-state index in [1.165, 1.54) is 11.6 Å². The van der Waals surface area contributed by atoms with E-state index < -0.39 is 18.0 Å². The van der Waals surface area contributed by atoms with Crippen LogP contribution in [-0.2, 0) is 16.6 Å². The van der Waals surface area contributed by atoms with E-state index >= 15 is 0 Å². The molecule has 0 bridgehead atoms. The molecule has 0 radical (unpaired) electrons. The lowest BCUT2D eigenvalue weighted by atomic mass is 10.2. The summed E-state index contributed by atoms with van der Waals surface area (Å²) in [4.78, 5) is 39.9. The Balaban J connectivity index is 1.77. The number of nitrogens with zero attached hydrogens (tertiary/aromatic N) is 3. The maximum Gasteiger partial charge on any atom is 0.338 e. The van der Waals surface area contributed by atoms with Gasteiger partial charge in [0.05, 0.1) is 16.9 Å². The molecule has 0 fully saturated rings. The monoisotopic (exact) mass is 422 g/mol. The van der Waals surface area contributed by atoms with Crippen LogP contribution in [0.5, 0.6) is 0 Å². The molecule has 1 unspecified atom stereocenters. The van der Waals surface area contributed by atoms with Gasteiger partial charge in [0.15, 0.2) is 6.10 Å². The molecule has 0 aliphatic carbocycles. The number of nitrogens with one attached hydrogen (secondary N) is 1. The highest BCUT2D eigenvalue weighted by Crippen LogP contribution is 2.17. The molecule has 1 amide bonds. The number of hydrogen-bond acceptors (Lipinski definition) is 5. The van der Waals surface area contributed by atoms with Crippen molar-refractivity contribution in [3.63, 3.8) is 0 Å². The minimum absolute atomic E-state index is 0.147. The standard InChI is InChI=1S/C23H26N4O4/c1-15-20(22(29)27(26(15)5)18-11-7-6-8-12-18)24-21(28)16(2)31-23(30)17-10-9-13-19(14-17)25(3)4/h6-14,16H,1-5H3,(H,24,28). The van der Waals surface area contributed by atoms with Gasteiger partial charge in [0, 0.05) is 26.8 Å². The lowest BCUT2D eigenvalue weighted by Gasteiger charge is -2.15.